The Bertz CT molecular complexity index is 713. The zero-order valence-electron chi connectivity index (χ0n) is 12.5. The Labute approximate surface area is 143 Å². The van der Waals surface area contributed by atoms with Crippen molar-refractivity contribution in [3.63, 3.8) is 0 Å². The average Bonchev–Trinajstić information content (AvgIpc) is 2.81. The van der Waals surface area contributed by atoms with Crippen LogP contribution in [-0.2, 0) is 4.74 Å². The van der Waals surface area contributed by atoms with Crippen molar-refractivity contribution in [3.8, 4) is 0 Å². The van der Waals surface area contributed by atoms with Crippen LogP contribution in [0.5, 0.6) is 0 Å². The normalized spacial score (nSPS) is 10.8. The molecule has 0 fully saturated rings. The van der Waals surface area contributed by atoms with Crippen LogP contribution in [0.1, 0.15) is 23.5 Å². The molecule has 0 unspecified atom stereocenters. The molecule has 0 aliphatic heterocycles. The molecule has 0 bridgehead atoms. The summed E-state index contributed by atoms with van der Waals surface area (Å²) in [5.74, 6) is 0.0933. The molecule has 2 aromatic rings. The molecular weight excluding hydrogens is 340 g/mol. The van der Waals surface area contributed by atoms with E-state index in [2.05, 4.69) is 24.5 Å². The van der Waals surface area contributed by atoms with Crippen molar-refractivity contribution in [1.29, 1.82) is 0 Å². The second-order valence-electron chi connectivity index (χ2n) is 5.18. The fraction of sp³-hybridized carbons (Fsp3) is 0.333. The van der Waals surface area contributed by atoms with Crippen molar-refractivity contribution in [2.45, 2.75) is 13.8 Å². The molecule has 1 aromatic carbocycles. The third-order valence-corrected chi connectivity index (χ3v) is 4.81. The first kappa shape index (κ1) is 17.0. The third kappa shape index (κ3) is 3.88. The maximum Gasteiger partial charge on any atom is 0.349 e. The molecule has 0 atom stereocenters. The van der Waals surface area contributed by atoms with Gasteiger partial charge in [0.25, 0.3) is 0 Å². The van der Waals surface area contributed by atoms with Gasteiger partial charge in [0, 0.05) is 22.3 Å². The SMILES string of the molecule is COC(=O)c1sc2cc(NC(=S)NCC(C)C)ccc2c1Cl. The van der Waals surface area contributed by atoms with E-state index in [1.165, 1.54) is 18.4 Å². The molecule has 0 saturated carbocycles. The lowest BCUT2D eigenvalue weighted by Crippen LogP contribution is -2.31. The van der Waals surface area contributed by atoms with Crippen LogP contribution < -0.4 is 10.6 Å². The Morgan fingerprint density at radius 2 is 2.18 bits per heavy atom. The fourth-order valence-corrected chi connectivity index (χ4v) is 3.51. The molecule has 2 N–H and O–H groups in total. The second kappa shape index (κ2) is 7.26. The molecule has 0 saturated heterocycles. The summed E-state index contributed by atoms with van der Waals surface area (Å²) in [6.07, 6.45) is 0. The summed E-state index contributed by atoms with van der Waals surface area (Å²) in [5, 5.41) is 8.11. The lowest BCUT2D eigenvalue weighted by molar-refractivity contribution is 0.0606. The van der Waals surface area contributed by atoms with Crippen molar-refractivity contribution in [1.82, 2.24) is 5.32 Å². The summed E-state index contributed by atoms with van der Waals surface area (Å²) in [5.41, 5.74) is 0.850. The highest BCUT2D eigenvalue weighted by Gasteiger charge is 2.17. The highest BCUT2D eigenvalue weighted by Crippen LogP contribution is 2.37. The van der Waals surface area contributed by atoms with Crippen molar-refractivity contribution in [2.75, 3.05) is 19.0 Å². The molecule has 0 aliphatic carbocycles. The predicted molar refractivity (Wildman–Crippen MR) is 97.2 cm³/mol. The van der Waals surface area contributed by atoms with Gasteiger partial charge in [0.2, 0.25) is 0 Å². The number of esters is 1. The van der Waals surface area contributed by atoms with Gasteiger partial charge in [-0.25, -0.2) is 4.79 Å². The van der Waals surface area contributed by atoms with Crippen LogP contribution in [0.15, 0.2) is 18.2 Å². The number of carbonyl (C=O) groups excluding carboxylic acids is 1. The first-order valence-electron chi connectivity index (χ1n) is 6.77. The highest BCUT2D eigenvalue weighted by molar-refractivity contribution is 7.80. The van der Waals surface area contributed by atoms with Crippen LogP contribution in [0.2, 0.25) is 5.02 Å². The van der Waals surface area contributed by atoms with Crippen molar-refractivity contribution in [2.24, 2.45) is 5.92 Å². The number of carbonyl (C=O) groups is 1. The van der Waals surface area contributed by atoms with Crippen LogP contribution in [0.4, 0.5) is 5.69 Å². The number of hydrogen-bond donors (Lipinski definition) is 2. The van der Waals surface area contributed by atoms with Crippen LogP contribution in [-0.4, -0.2) is 24.7 Å². The molecule has 0 aliphatic rings. The quantitative estimate of drug-likeness (QED) is 0.632. The number of thiophene rings is 1. The van der Waals surface area contributed by atoms with E-state index in [0.29, 0.717) is 20.9 Å². The topological polar surface area (TPSA) is 50.4 Å². The van der Waals surface area contributed by atoms with Gasteiger partial charge in [0.15, 0.2) is 5.11 Å². The van der Waals surface area contributed by atoms with Gasteiger partial charge in [-0.1, -0.05) is 25.4 Å². The number of anilines is 1. The number of ether oxygens (including phenoxy) is 1. The number of fused-ring (bicyclic) bond motifs is 1. The number of rotatable bonds is 4. The molecule has 0 radical (unpaired) electrons. The van der Waals surface area contributed by atoms with E-state index in [4.69, 9.17) is 28.6 Å². The van der Waals surface area contributed by atoms with Gasteiger partial charge in [-0.15, -0.1) is 11.3 Å². The summed E-state index contributed by atoms with van der Waals surface area (Å²) >= 11 is 12.8. The molecule has 0 spiro atoms. The number of nitrogens with one attached hydrogen (secondary N) is 2. The van der Waals surface area contributed by atoms with Crippen molar-refractivity contribution >= 4 is 62.0 Å². The van der Waals surface area contributed by atoms with E-state index in [1.807, 2.05) is 18.2 Å². The predicted octanol–water partition coefficient (Wildman–Crippen LogP) is 4.28. The van der Waals surface area contributed by atoms with Crippen LogP contribution in [0.3, 0.4) is 0 Å². The van der Waals surface area contributed by atoms with Gasteiger partial charge < -0.3 is 15.4 Å². The van der Waals surface area contributed by atoms with Gasteiger partial charge in [-0.3, -0.25) is 0 Å². The summed E-state index contributed by atoms with van der Waals surface area (Å²) in [7, 11) is 1.34. The average molecular weight is 357 g/mol. The molecular formula is C15H17ClN2O2S2. The van der Waals surface area contributed by atoms with E-state index in [1.54, 1.807) is 0 Å². The second-order valence-corrected chi connectivity index (χ2v) is 7.01. The van der Waals surface area contributed by atoms with Crippen molar-refractivity contribution < 1.29 is 9.53 Å². The number of methoxy groups -OCH3 is 1. The summed E-state index contributed by atoms with van der Waals surface area (Å²) < 4.78 is 5.64. The minimum absolute atomic E-state index is 0.414. The molecule has 0 amide bonds. The molecule has 4 nitrogen and oxygen atoms in total. The zero-order chi connectivity index (χ0) is 16.3. The lowest BCUT2D eigenvalue weighted by atomic mass is 10.2. The number of thiocarbonyl (C=S) groups is 1. The summed E-state index contributed by atoms with van der Waals surface area (Å²) in [6, 6.07) is 5.67. The molecule has 1 aromatic heterocycles. The first-order valence-corrected chi connectivity index (χ1v) is 8.38. The monoisotopic (exact) mass is 356 g/mol. The maximum atomic E-state index is 11.7. The third-order valence-electron chi connectivity index (χ3n) is 2.93. The van der Waals surface area contributed by atoms with E-state index in [-0.39, 0.29) is 0 Å². The van der Waals surface area contributed by atoms with E-state index in [9.17, 15) is 4.79 Å². The Morgan fingerprint density at radius 3 is 2.82 bits per heavy atom. The van der Waals surface area contributed by atoms with Crippen LogP contribution in [0.25, 0.3) is 10.1 Å². The van der Waals surface area contributed by atoms with Gasteiger partial charge >= 0.3 is 5.97 Å². The Balaban J connectivity index is 2.20. The van der Waals surface area contributed by atoms with E-state index < -0.39 is 5.97 Å². The Hall–Kier alpha value is -1.37. The molecule has 2 rings (SSSR count). The van der Waals surface area contributed by atoms with Gasteiger partial charge in [-0.2, -0.15) is 0 Å². The summed E-state index contributed by atoms with van der Waals surface area (Å²) in [6.45, 7) is 5.04. The number of halogens is 1. The van der Waals surface area contributed by atoms with Crippen LogP contribution >= 0.6 is 35.2 Å². The Kier molecular flexibility index (Phi) is 5.61. The maximum absolute atomic E-state index is 11.7. The lowest BCUT2D eigenvalue weighted by Gasteiger charge is -2.12. The molecule has 22 heavy (non-hydrogen) atoms. The first-order chi connectivity index (χ1) is 10.4. The molecule has 7 heteroatoms. The minimum Gasteiger partial charge on any atom is -0.465 e. The largest absolute Gasteiger partial charge is 0.465 e. The number of hydrogen-bond acceptors (Lipinski definition) is 4. The van der Waals surface area contributed by atoms with Gasteiger partial charge in [0.1, 0.15) is 4.88 Å². The summed E-state index contributed by atoms with van der Waals surface area (Å²) in [4.78, 5) is 12.1. The van der Waals surface area contributed by atoms with Crippen LogP contribution in [0, 0.1) is 5.92 Å². The van der Waals surface area contributed by atoms with Crippen molar-refractivity contribution in [3.05, 3.63) is 28.1 Å². The van der Waals surface area contributed by atoms with E-state index >= 15 is 0 Å². The molecule has 1 heterocycles. The zero-order valence-corrected chi connectivity index (χ0v) is 14.9. The van der Waals surface area contributed by atoms with Gasteiger partial charge in [-0.05, 0) is 36.3 Å². The Morgan fingerprint density at radius 1 is 1.45 bits per heavy atom. The smallest absolute Gasteiger partial charge is 0.349 e. The van der Waals surface area contributed by atoms with Gasteiger partial charge in [0.05, 0.1) is 12.1 Å². The molecule has 118 valence electrons. The number of benzene rings is 1. The fourth-order valence-electron chi connectivity index (χ4n) is 1.84. The minimum atomic E-state index is -0.421. The van der Waals surface area contributed by atoms with E-state index in [0.717, 1.165) is 22.3 Å². The highest BCUT2D eigenvalue weighted by atomic mass is 35.5. The standard InChI is InChI=1S/C15H17ClN2O2S2/c1-8(2)7-17-15(21)18-9-4-5-10-11(6-9)22-13(12(10)16)14(19)20-3/h4-6,8H,7H2,1-3H3,(H2,17,18,21).